The first-order valence-corrected chi connectivity index (χ1v) is 10.4. The summed E-state index contributed by atoms with van der Waals surface area (Å²) in [7, 11) is 0. The minimum atomic E-state index is -4.44. The van der Waals surface area contributed by atoms with E-state index in [0.717, 1.165) is 23.3 Å². The van der Waals surface area contributed by atoms with Crippen LogP contribution in [-0.4, -0.2) is 32.9 Å². The molecule has 0 spiro atoms. The Morgan fingerprint density at radius 1 is 0.941 bits per heavy atom. The van der Waals surface area contributed by atoms with Crippen molar-refractivity contribution in [3.8, 4) is 0 Å². The van der Waals surface area contributed by atoms with Gasteiger partial charge in [0.1, 0.15) is 0 Å². The number of aromatic nitrogens is 3. The number of nitrogens with zero attached hydrogens (tertiary/aromatic N) is 3. The highest BCUT2D eigenvalue weighted by molar-refractivity contribution is 5.95. The first-order chi connectivity index (χ1) is 16.3. The lowest BCUT2D eigenvalue weighted by molar-refractivity contribution is -0.137. The quantitative estimate of drug-likeness (QED) is 0.425. The van der Waals surface area contributed by atoms with E-state index in [4.69, 9.17) is 0 Å². The Bertz CT molecular complexity index is 1300. The van der Waals surface area contributed by atoms with Crippen LogP contribution < -0.4 is 10.6 Å². The molecule has 0 radical (unpaired) electrons. The van der Waals surface area contributed by atoms with Gasteiger partial charge in [0.15, 0.2) is 5.82 Å². The van der Waals surface area contributed by atoms with Gasteiger partial charge in [-0.2, -0.15) is 13.2 Å². The van der Waals surface area contributed by atoms with E-state index in [-0.39, 0.29) is 24.5 Å². The molecule has 0 saturated heterocycles. The number of alkyl halides is 3. The van der Waals surface area contributed by atoms with Crippen molar-refractivity contribution in [3.63, 3.8) is 0 Å². The zero-order chi connectivity index (χ0) is 24.1. The van der Waals surface area contributed by atoms with Crippen molar-refractivity contribution in [3.05, 3.63) is 90.0 Å². The summed E-state index contributed by atoms with van der Waals surface area (Å²) in [5, 5.41) is 5.19. The van der Waals surface area contributed by atoms with E-state index in [1.807, 2.05) is 30.3 Å². The molecule has 174 valence electrons. The molecule has 4 rings (SSSR count). The topological polar surface area (TPSA) is 88.9 Å². The molecular formula is C24H20F3N5O2. The largest absolute Gasteiger partial charge is 0.416 e. The Morgan fingerprint density at radius 3 is 2.38 bits per heavy atom. The van der Waals surface area contributed by atoms with Crippen molar-refractivity contribution in [1.82, 2.24) is 19.9 Å². The summed E-state index contributed by atoms with van der Waals surface area (Å²) in [5.41, 5.74) is 1.63. The number of hydrogen-bond acceptors (Lipinski definition) is 4. The lowest BCUT2D eigenvalue weighted by Gasteiger charge is -2.10. The van der Waals surface area contributed by atoms with Crippen molar-refractivity contribution in [2.24, 2.45) is 0 Å². The molecular weight excluding hydrogens is 447 g/mol. The Labute approximate surface area is 192 Å². The first kappa shape index (κ1) is 23.0. The van der Waals surface area contributed by atoms with Crippen LogP contribution in [0.4, 0.5) is 18.9 Å². The number of fused-ring (bicyclic) bond motifs is 1. The molecule has 2 amide bonds. The highest BCUT2D eigenvalue weighted by atomic mass is 19.4. The number of carbonyl (C=O) groups excluding carboxylic acids is 2. The molecule has 34 heavy (non-hydrogen) atoms. The second-order valence-electron chi connectivity index (χ2n) is 7.46. The zero-order valence-electron chi connectivity index (χ0n) is 17.8. The molecule has 0 aliphatic carbocycles. The molecule has 0 bridgehead atoms. The maximum absolute atomic E-state index is 12.8. The number of pyridine rings is 1. The van der Waals surface area contributed by atoms with E-state index in [2.05, 4.69) is 20.6 Å². The number of carbonyl (C=O) groups is 2. The smallest absolute Gasteiger partial charge is 0.349 e. The second kappa shape index (κ2) is 9.74. The van der Waals surface area contributed by atoms with Crippen LogP contribution in [0.3, 0.4) is 0 Å². The van der Waals surface area contributed by atoms with Gasteiger partial charge >= 0.3 is 6.18 Å². The third kappa shape index (κ3) is 5.40. The second-order valence-corrected chi connectivity index (χ2v) is 7.46. The van der Waals surface area contributed by atoms with Gasteiger partial charge in [0, 0.05) is 24.8 Å². The maximum Gasteiger partial charge on any atom is 0.416 e. The van der Waals surface area contributed by atoms with E-state index in [1.165, 1.54) is 12.1 Å². The number of halogens is 3. The fraction of sp³-hybridized carbons (Fsp3) is 0.167. The molecule has 0 saturated carbocycles. The summed E-state index contributed by atoms with van der Waals surface area (Å²) in [6.45, 7) is 0.372. The van der Waals surface area contributed by atoms with Gasteiger partial charge in [-0.05, 0) is 48.5 Å². The van der Waals surface area contributed by atoms with E-state index in [1.54, 1.807) is 22.9 Å². The van der Waals surface area contributed by atoms with Gasteiger partial charge in [-0.1, -0.05) is 18.2 Å². The summed E-state index contributed by atoms with van der Waals surface area (Å²) >= 11 is 0. The van der Waals surface area contributed by atoms with Crippen LogP contribution in [0.15, 0.2) is 72.9 Å². The first-order valence-electron chi connectivity index (χ1n) is 10.4. The lowest BCUT2D eigenvalue weighted by Crippen LogP contribution is -2.30. The van der Waals surface area contributed by atoms with Gasteiger partial charge in [0.25, 0.3) is 5.91 Å². The Morgan fingerprint density at radius 2 is 1.68 bits per heavy atom. The minimum Gasteiger partial charge on any atom is -0.349 e. The highest BCUT2D eigenvalue weighted by Crippen LogP contribution is 2.29. The van der Waals surface area contributed by atoms with Gasteiger partial charge in [-0.3, -0.25) is 14.6 Å². The fourth-order valence-electron chi connectivity index (χ4n) is 3.40. The van der Waals surface area contributed by atoms with Gasteiger partial charge in [-0.25, -0.2) is 4.98 Å². The molecule has 7 nitrogen and oxygen atoms in total. The molecule has 0 aliphatic heterocycles. The normalized spacial score (nSPS) is 11.4. The van der Waals surface area contributed by atoms with Crippen molar-refractivity contribution in [2.45, 2.75) is 19.1 Å². The predicted octanol–water partition coefficient (Wildman–Crippen LogP) is 4.26. The van der Waals surface area contributed by atoms with Crippen molar-refractivity contribution in [1.29, 1.82) is 0 Å². The molecule has 4 aromatic rings. The Kier molecular flexibility index (Phi) is 6.58. The number of para-hydroxylation sites is 2. The van der Waals surface area contributed by atoms with Crippen LogP contribution >= 0.6 is 0 Å². The molecule has 0 atom stereocenters. The summed E-state index contributed by atoms with van der Waals surface area (Å²) < 4.78 is 39.7. The van der Waals surface area contributed by atoms with E-state index in [0.29, 0.717) is 12.1 Å². The predicted molar refractivity (Wildman–Crippen MR) is 120 cm³/mol. The number of amides is 2. The molecule has 10 heteroatoms. The third-order valence-corrected chi connectivity index (χ3v) is 5.04. The van der Waals surface area contributed by atoms with Gasteiger partial charge < -0.3 is 15.2 Å². The molecule has 2 N–H and O–H groups in total. The van der Waals surface area contributed by atoms with Crippen LogP contribution in [0.1, 0.15) is 28.3 Å². The van der Waals surface area contributed by atoms with Crippen LogP contribution in [0.2, 0.25) is 0 Å². The van der Waals surface area contributed by atoms with Crippen LogP contribution in [-0.2, 0) is 17.5 Å². The number of nitrogens with one attached hydrogen (secondary N) is 2. The number of imidazole rings is 1. The van der Waals surface area contributed by atoms with Crippen LogP contribution in [0.5, 0.6) is 0 Å². The monoisotopic (exact) mass is 467 g/mol. The Hall–Kier alpha value is -4.21. The SMILES string of the molecule is O=C(CCNC(=O)c1nc2ccccc2n1Cc1ccccn1)Nc1ccc(C(F)(F)F)cc1. The standard InChI is InChI=1S/C24H20F3N5O2/c25-24(26,27)16-8-10-17(11-9-16)30-21(33)12-14-29-23(34)22-31-19-6-1-2-7-20(19)32(22)15-18-5-3-4-13-28-18/h1-11,13H,12,14-15H2,(H,29,34)(H,30,33). The van der Waals surface area contributed by atoms with Crippen molar-refractivity contribution < 1.29 is 22.8 Å². The van der Waals surface area contributed by atoms with Crippen LogP contribution in [0.25, 0.3) is 11.0 Å². The molecule has 0 fully saturated rings. The number of rotatable bonds is 7. The fourth-order valence-corrected chi connectivity index (χ4v) is 3.40. The number of hydrogen-bond donors (Lipinski definition) is 2. The third-order valence-electron chi connectivity index (χ3n) is 5.04. The summed E-state index contributed by atoms with van der Waals surface area (Å²) in [4.78, 5) is 33.7. The van der Waals surface area contributed by atoms with Crippen molar-refractivity contribution in [2.75, 3.05) is 11.9 Å². The molecule has 2 aromatic heterocycles. The summed E-state index contributed by atoms with van der Waals surface area (Å²) in [6, 6.07) is 17.0. The molecule has 2 heterocycles. The molecule has 0 unspecified atom stereocenters. The Balaban J connectivity index is 1.39. The van der Waals surface area contributed by atoms with Crippen molar-refractivity contribution >= 4 is 28.5 Å². The van der Waals surface area contributed by atoms with E-state index in [9.17, 15) is 22.8 Å². The number of anilines is 1. The van der Waals surface area contributed by atoms with Gasteiger partial charge in [-0.15, -0.1) is 0 Å². The highest BCUT2D eigenvalue weighted by Gasteiger charge is 2.30. The van der Waals surface area contributed by atoms with E-state index >= 15 is 0 Å². The molecule has 0 aliphatic rings. The summed E-state index contributed by atoms with van der Waals surface area (Å²) in [5.74, 6) is -0.702. The average Bonchev–Trinajstić information content (AvgIpc) is 3.18. The molecule has 2 aromatic carbocycles. The maximum atomic E-state index is 12.8. The average molecular weight is 467 g/mol. The minimum absolute atomic E-state index is 0.0259. The van der Waals surface area contributed by atoms with Gasteiger partial charge in [0.2, 0.25) is 5.91 Å². The van der Waals surface area contributed by atoms with Gasteiger partial charge in [0.05, 0.1) is 28.8 Å². The zero-order valence-corrected chi connectivity index (χ0v) is 17.8. The summed E-state index contributed by atoms with van der Waals surface area (Å²) in [6.07, 6.45) is -2.84. The van der Waals surface area contributed by atoms with Crippen LogP contribution in [0, 0.1) is 0 Å². The van der Waals surface area contributed by atoms with E-state index < -0.39 is 23.6 Å². The number of benzene rings is 2. The lowest BCUT2D eigenvalue weighted by atomic mass is 10.2.